The van der Waals surface area contributed by atoms with Crippen LogP contribution in [-0.4, -0.2) is 34.9 Å². The summed E-state index contributed by atoms with van der Waals surface area (Å²) in [6.07, 6.45) is 0.728. The third kappa shape index (κ3) is 4.74. The van der Waals surface area contributed by atoms with Crippen LogP contribution in [0.25, 0.3) is 5.76 Å². The minimum absolute atomic E-state index is 0.552. The van der Waals surface area contributed by atoms with Gasteiger partial charge in [-0.05, 0) is 27.7 Å². The van der Waals surface area contributed by atoms with Crippen LogP contribution in [0, 0.1) is 34.5 Å². The number of nitrogens with zero attached hydrogens (tertiary/aromatic N) is 2. The second-order valence-electron chi connectivity index (χ2n) is 6.42. The molecule has 0 saturated carbocycles. The minimum atomic E-state index is -1.98. The number of aliphatic hydroxyl groups excluding tert-OH is 1. The van der Waals surface area contributed by atoms with Crippen LogP contribution in [-0.2, 0) is 9.53 Å². The van der Waals surface area contributed by atoms with E-state index in [1.807, 2.05) is 0 Å². The summed E-state index contributed by atoms with van der Waals surface area (Å²) < 4.78 is 46.5. The maximum atomic E-state index is 14.4. The number of rotatable bonds is 5. The molecule has 0 aromatic heterocycles. The van der Waals surface area contributed by atoms with E-state index in [9.17, 15) is 33.2 Å². The molecule has 0 atom stereocenters. The van der Waals surface area contributed by atoms with Gasteiger partial charge in [-0.3, -0.25) is 10.1 Å². The molecule has 11 heteroatoms. The SMILES string of the molecule is COC(=O)C(C=NNC(C)(C)C)=C(O)c1c(F)c(C)c(F)c(F)c1[N+](=O)[O-]. The number of benzene rings is 1. The van der Waals surface area contributed by atoms with Crippen LogP contribution in [0.5, 0.6) is 0 Å². The van der Waals surface area contributed by atoms with Crippen molar-refractivity contribution in [3.63, 3.8) is 0 Å². The number of esters is 1. The van der Waals surface area contributed by atoms with Gasteiger partial charge in [-0.2, -0.15) is 9.49 Å². The van der Waals surface area contributed by atoms with Gasteiger partial charge in [0.1, 0.15) is 22.7 Å². The van der Waals surface area contributed by atoms with E-state index in [1.54, 1.807) is 20.8 Å². The van der Waals surface area contributed by atoms with Gasteiger partial charge in [-0.1, -0.05) is 0 Å². The summed E-state index contributed by atoms with van der Waals surface area (Å²) in [7, 11) is 0.932. The van der Waals surface area contributed by atoms with Crippen LogP contribution < -0.4 is 5.43 Å². The Balaban J connectivity index is 3.81. The predicted molar refractivity (Wildman–Crippen MR) is 90.7 cm³/mol. The lowest BCUT2D eigenvalue weighted by Gasteiger charge is -2.17. The Hall–Kier alpha value is -3.11. The van der Waals surface area contributed by atoms with Crippen LogP contribution in [0.4, 0.5) is 18.9 Å². The van der Waals surface area contributed by atoms with Crippen molar-refractivity contribution in [2.24, 2.45) is 5.10 Å². The molecule has 0 amide bonds. The largest absolute Gasteiger partial charge is 0.506 e. The molecule has 27 heavy (non-hydrogen) atoms. The maximum absolute atomic E-state index is 14.4. The number of methoxy groups -OCH3 is 1. The Kier molecular flexibility index (Phi) is 6.55. The van der Waals surface area contributed by atoms with Crippen molar-refractivity contribution >= 4 is 23.6 Å². The molecule has 0 aliphatic heterocycles. The van der Waals surface area contributed by atoms with E-state index in [2.05, 4.69) is 15.3 Å². The number of nitro benzene ring substituents is 1. The van der Waals surface area contributed by atoms with E-state index in [0.717, 1.165) is 20.2 Å². The zero-order valence-corrected chi connectivity index (χ0v) is 15.2. The Morgan fingerprint density at radius 2 is 1.81 bits per heavy atom. The van der Waals surface area contributed by atoms with Crippen molar-refractivity contribution in [2.75, 3.05) is 7.11 Å². The quantitative estimate of drug-likeness (QED) is 0.152. The van der Waals surface area contributed by atoms with Crippen LogP contribution in [0.3, 0.4) is 0 Å². The lowest BCUT2D eigenvalue weighted by atomic mass is 10.0. The summed E-state index contributed by atoms with van der Waals surface area (Å²) in [5.41, 5.74) is -2.64. The summed E-state index contributed by atoms with van der Waals surface area (Å²) in [4.78, 5) is 21.6. The lowest BCUT2D eigenvalue weighted by molar-refractivity contribution is -0.388. The molecule has 8 nitrogen and oxygen atoms in total. The van der Waals surface area contributed by atoms with E-state index in [-0.39, 0.29) is 0 Å². The number of ether oxygens (including phenoxy) is 1. The molecule has 1 aromatic carbocycles. The van der Waals surface area contributed by atoms with E-state index in [0.29, 0.717) is 0 Å². The van der Waals surface area contributed by atoms with Crippen LogP contribution in [0.15, 0.2) is 10.7 Å². The van der Waals surface area contributed by atoms with E-state index in [4.69, 9.17) is 0 Å². The number of halogens is 3. The molecular weight excluding hydrogens is 371 g/mol. The molecule has 0 fully saturated rings. The number of carbonyl (C=O) groups excluding carboxylic acids is 1. The van der Waals surface area contributed by atoms with Gasteiger partial charge in [0.25, 0.3) is 0 Å². The van der Waals surface area contributed by atoms with Gasteiger partial charge in [-0.15, -0.1) is 0 Å². The molecule has 0 heterocycles. The fraction of sp³-hybridized carbons (Fsp3) is 0.375. The number of hydrogen-bond acceptors (Lipinski definition) is 7. The molecule has 0 spiro atoms. The number of nitrogens with one attached hydrogen (secondary N) is 1. The first-order valence-corrected chi connectivity index (χ1v) is 7.47. The summed E-state index contributed by atoms with van der Waals surface area (Å²) in [5.74, 6) is -7.92. The predicted octanol–water partition coefficient (Wildman–Crippen LogP) is 3.14. The van der Waals surface area contributed by atoms with Gasteiger partial charge in [0.05, 0.1) is 18.2 Å². The number of carbonyl (C=O) groups is 1. The molecule has 0 bridgehead atoms. The first-order valence-electron chi connectivity index (χ1n) is 7.47. The fourth-order valence-corrected chi connectivity index (χ4v) is 1.90. The highest BCUT2D eigenvalue weighted by Crippen LogP contribution is 2.35. The number of hydrogen-bond donors (Lipinski definition) is 2. The van der Waals surface area contributed by atoms with Crippen molar-refractivity contribution < 1.29 is 32.7 Å². The topological polar surface area (TPSA) is 114 Å². The van der Waals surface area contributed by atoms with Gasteiger partial charge in [0.15, 0.2) is 5.82 Å². The van der Waals surface area contributed by atoms with Gasteiger partial charge in [0.2, 0.25) is 5.82 Å². The summed E-state index contributed by atoms with van der Waals surface area (Å²) in [6.45, 7) is 5.97. The molecule has 2 N–H and O–H groups in total. The van der Waals surface area contributed by atoms with Gasteiger partial charge in [-0.25, -0.2) is 13.6 Å². The van der Waals surface area contributed by atoms with Crippen molar-refractivity contribution in [3.8, 4) is 0 Å². The van der Waals surface area contributed by atoms with Crippen molar-refractivity contribution in [3.05, 3.63) is 44.3 Å². The molecule has 0 saturated heterocycles. The molecule has 148 valence electrons. The van der Waals surface area contributed by atoms with Gasteiger partial charge >= 0.3 is 11.7 Å². The number of nitro groups is 1. The average molecular weight is 389 g/mol. The molecule has 0 aliphatic carbocycles. The molecule has 1 aromatic rings. The zero-order chi connectivity index (χ0) is 21.1. The minimum Gasteiger partial charge on any atom is -0.506 e. The summed E-state index contributed by atoms with van der Waals surface area (Å²) in [6, 6.07) is 0. The third-order valence-corrected chi connectivity index (χ3v) is 3.19. The smallest absolute Gasteiger partial charge is 0.343 e. The van der Waals surface area contributed by atoms with E-state index in [1.165, 1.54) is 0 Å². The Labute approximate surface area is 152 Å². The maximum Gasteiger partial charge on any atom is 0.343 e. The van der Waals surface area contributed by atoms with Crippen molar-refractivity contribution in [2.45, 2.75) is 33.2 Å². The highest BCUT2D eigenvalue weighted by molar-refractivity contribution is 6.15. The van der Waals surface area contributed by atoms with Crippen molar-refractivity contribution in [1.82, 2.24) is 5.43 Å². The van der Waals surface area contributed by atoms with E-state index < -0.39 is 62.0 Å². The van der Waals surface area contributed by atoms with Crippen molar-refractivity contribution in [1.29, 1.82) is 0 Å². The zero-order valence-electron chi connectivity index (χ0n) is 15.2. The normalized spacial score (nSPS) is 12.7. The standard InChI is InChI=1S/C16H18F3N3O5/c1-7-10(17)9(13(22(25)26)12(19)11(7)18)14(23)8(15(24)27-5)6-20-21-16(2,3)4/h6,21,23H,1-5H3. The molecule has 0 aliphatic rings. The first kappa shape index (κ1) is 21.9. The molecule has 0 unspecified atom stereocenters. The monoisotopic (exact) mass is 389 g/mol. The van der Waals surface area contributed by atoms with Crippen LogP contribution in [0.2, 0.25) is 0 Å². The lowest BCUT2D eigenvalue weighted by Crippen LogP contribution is -2.31. The fourth-order valence-electron chi connectivity index (χ4n) is 1.90. The number of aliphatic hydroxyl groups is 1. The van der Waals surface area contributed by atoms with Gasteiger partial charge < -0.3 is 15.3 Å². The molecular formula is C16H18F3N3O5. The number of hydrazone groups is 1. The van der Waals surface area contributed by atoms with Crippen LogP contribution >= 0.6 is 0 Å². The Morgan fingerprint density at radius 1 is 1.26 bits per heavy atom. The summed E-state index contributed by atoms with van der Waals surface area (Å²) in [5, 5.41) is 25.1. The third-order valence-electron chi connectivity index (χ3n) is 3.19. The second-order valence-corrected chi connectivity index (χ2v) is 6.42. The Morgan fingerprint density at radius 3 is 2.26 bits per heavy atom. The van der Waals surface area contributed by atoms with Gasteiger partial charge in [0, 0.05) is 11.1 Å². The molecule has 0 radical (unpaired) electrons. The highest BCUT2D eigenvalue weighted by atomic mass is 19.2. The molecule has 1 rings (SSSR count). The average Bonchev–Trinajstić information content (AvgIpc) is 2.57. The first-order chi connectivity index (χ1) is 12.3. The second kappa shape index (κ2) is 8.06. The summed E-state index contributed by atoms with van der Waals surface area (Å²) >= 11 is 0. The Bertz CT molecular complexity index is 845. The highest BCUT2D eigenvalue weighted by Gasteiger charge is 2.35. The van der Waals surface area contributed by atoms with Crippen LogP contribution in [0.1, 0.15) is 31.9 Å². The van der Waals surface area contributed by atoms with E-state index >= 15 is 0 Å².